The minimum atomic E-state index is -0.238. The second kappa shape index (κ2) is 3.56. The first-order valence-corrected chi connectivity index (χ1v) is 5.28. The smallest absolute Gasteiger partial charge is 0.0639 e. The Hall–Kier alpha value is -0.120. The molecule has 2 aliphatic heterocycles. The van der Waals surface area contributed by atoms with Gasteiger partial charge in [0, 0.05) is 18.6 Å². The van der Waals surface area contributed by atoms with E-state index < -0.39 is 0 Å². The molecule has 0 radical (unpaired) electrons. The fourth-order valence-corrected chi connectivity index (χ4v) is 2.85. The normalized spacial score (nSPS) is 42.2. The van der Waals surface area contributed by atoms with Crippen LogP contribution in [0.4, 0.5) is 0 Å². The van der Waals surface area contributed by atoms with Crippen LogP contribution in [-0.4, -0.2) is 45.9 Å². The molecule has 3 nitrogen and oxygen atoms in total. The van der Waals surface area contributed by atoms with Gasteiger partial charge < -0.3 is 10.2 Å². The quantitative estimate of drug-likeness (QED) is 0.652. The van der Waals surface area contributed by atoms with Crippen LogP contribution >= 0.6 is 0 Å². The van der Waals surface area contributed by atoms with Crippen molar-refractivity contribution in [3.8, 4) is 0 Å². The van der Waals surface area contributed by atoms with E-state index in [-0.39, 0.29) is 12.2 Å². The van der Waals surface area contributed by atoms with Gasteiger partial charge in [-0.15, -0.1) is 0 Å². The van der Waals surface area contributed by atoms with E-state index in [1.807, 2.05) is 6.92 Å². The Kier molecular flexibility index (Phi) is 2.58. The van der Waals surface area contributed by atoms with Crippen LogP contribution in [0.2, 0.25) is 0 Å². The van der Waals surface area contributed by atoms with Crippen molar-refractivity contribution in [3.63, 3.8) is 0 Å². The molecule has 2 bridgehead atoms. The minimum absolute atomic E-state index is 0.0947. The van der Waals surface area contributed by atoms with Crippen LogP contribution in [-0.2, 0) is 0 Å². The predicted molar refractivity (Wildman–Crippen MR) is 50.4 cm³/mol. The van der Waals surface area contributed by atoms with Crippen molar-refractivity contribution in [1.82, 2.24) is 4.90 Å². The fourth-order valence-electron chi connectivity index (χ4n) is 2.85. The van der Waals surface area contributed by atoms with Gasteiger partial charge in [0.1, 0.15) is 0 Å². The van der Waals surface area contributed by atoms with Crippen molar-refractivity contribution in [1.29, 1.82) is 0 Å². The van der Waals surface area contributed by atoms with E-state index in [4.69, 9.17) is 0 Å². The highest BCUT2D eigenvalue weighted by Crippen LogP contribution is 2.35. The Morgan fingerprint density at radius 3 is 2.31 bits per heavy atom. The molecule has 76 valence electrons. The lowest BCUT2D eigenvalue weighted by molar-refractivity contribution is 0.0122. The predicted octanol–water partition coefficient (Wildman–Crippen LogP) is 0.355. The number of aliphatic hydroxyl groups excluding tert-OH is 2. The summed E-state index contributed by atoms with van der Waals surface area (Å²) in [7, 11) is 0. The number of hydrogen-bond acceptors (Lipinski definition) is 3. The number of aliphatic hydroxyl groups is 2. The zero-order valence-corrected chi connectivity index (χ0v) is 8.19. The Balaban J connectivity index is 1.98. The summed E-state index contributed by atoms with van der Waals surface area (Å²) in [5.41, 5.74) is 0. The molecule has 2 rings (SSSR count). The van der Waals surface area contributed by atoms with Gasteiger partial charge in [-0.3, -0.25) is 4.90 Å². The van der Waals surface area contributed by atoms with Crippen LogP contribution in [0, 0.1) is 0 Å². The van der Waals surface area contributed by atoms with Crippen LogP contribution in [0.25, 0.3) is 0 Å². The fraction of sp³-hybridized carbons (Fsp3) is 1.00. The first kappa shape index (κ1) is 9.44. The second-order valence-electron chi connectivity index (χ2n) is 4.56. The summed E-state index contributed by atoms with van der Waals surface area (Å²) in [6, 6.07) is 1.06. The Bertz CT molecular complexity index is 170. The van der Waals surface area contributed by atoms with E-state index in [1.165, 1.54) is 12.8 Å². The van der Waals surface area contributed by atoms with E-state index in [0.717, 1.165) is 19.4 Å². The van der Waals surface area contributed by atoms with Crippen LogP contribution < -0.4 is 0 Å². The summed E-state index contributed by atoms with van der Waals surface area (Å²) < 4.78 is 0. The summed E-state index contributed by atoms with van der Waals surface area (Å²) in [6.07, 6.45) is 3.89. The first-order chi connectivity index (χ1) is 6.16. The average molecular weight is 185 g/mol. The van der Waals surface area contributed by atoms with E-state index in [2.05, 4.69) is 4.90 Å². The molecule has 13 heavy (non-hydrogen) atoms. The van der Waals surface area contributed by atoms with Gasteiger partial charge in [0.25, 0.3) is 0 Å². The Morgan fingerprint density at radius 2 is 1.85 bits per heavy atom. The third kappa shape index (κ3) is 1.87. The monoisotopic (exact) mass is 185 g/mol. The van der Waals surface area contributed by atoms with Crippen molar-refractivity contribution in [2.45, 2.75) is 56.9 Å². The lowest BCUT2D eigenvalue weighted by atomic mass is 9.99. The molecule has 3 atom stereocenters. The number of hydrogen-bond donors (Lipinski definition) is 2. The highest BCUT2D eigenvalue weighted by atomic mass is 16.3. The maximum absolute atomic E-state index is 9.55. The van der Waals surface area contributed by atoms with E-state index in [1.54, 1.807) is 0 Å². The summed E-state index contributed by atoms with van der Waals surface area (Å²) >= 11 is 0. The van der Waals surface area contributed by atoms with Crippen molar-refractivity contribution in [2.24, 2.45) is 0 Å². The van der Waals surface area contributed by atoms with Crippen molar-refractivity contribution >= 4 is 0 Å². The molecular weight excluding hydrogens is 166 g/mol. The van der Waals surface area contributed by atoms with Gasteiger partial charge in [-0.05, 0) is 32.6 Å². The van der Waals surface area contributed by atoms with Crippen molar-refractivity contribution in [3.05, 3.63) is 0 Å². The lowest BCUT2D eigenvalue weighted by Crippen LogP contribution is -2.47. The largest absolute Gasteiger partial charge is 0.393 e. The molecule has 2 fully saturated rings. The number of piperidine rings is 1. The zero-order valence-electron chi connectivity index (χ0n) is 8.19. The summed E-state index contributed by atoms with van der Waals surface area (Å²) in [5, 5.41) is 18.9. The van der Waals surface area contributed by atoms with E-state index in [0.29, 0.717) is 12.1 Å². The third-order valence-corrected chi connectivity index (χ3v) is 3.33. The van der Waals surface area contributed by atoms with Gasteiger partial charge in [-0.2, -0.15) is 0 Å². The maximum atomic E-state index is 9.55. The van der Waals surface area contributed by atoms with E-state index >= 15 is 0 Å². The van der Waals surface area contributed by atoms with Gasteiger partial charge in [0.15, 0.2) is 0 Å². The van der Waals surface area contributed by atoms with Gasteiger partial charge in [-0.1, -0.05) is 0 Å². The highest BCUT2D eigenvalue weighted by molar-refractivity contribution is 4.95. The van der Waals surface area contributed by atoms with E-state index in [9.17, 15) is 10.2 Å². The molecule has 0 saturated carbocycles. The van der Waals surface area contributed by atoms with Crippen LogP contribution in [0.1, 0.15) is 32.6 Å². The molecule has 2 N–H and O–H groups in total. The highest BCUT2D eigenvalue weighted by Gasteiger charge is 2.40. The second-order valence-corrected chi connectivity index (χ2v) is 4.56. The minimum Gasteiger partial charge on any atom is -0.393 e. The van der Waals surface area contributed by atoms with Gasteiger partial charge in [0.2, 0.25) is 0 Å². The molecular formula is C10H19NO2. The van der Waals surface area contributed by atoms with Gasteiger partial charge in [-0.25, -0.2) is 0 Å². The molecule has 0 aromatic carbocycles. The molecule has 0 aliphatic carbocycles. The third-order valence-electron chi connectivity index (χ3n) is 3.33. The number of fused-ring (bicyclic) bond motifs is 2. The summed E-state index contributed by atoms with van der Waals surface area (Å²) in [4.78, 5) is 2.39. The van der Waals surface area contributed by atoms with Crippen LogP contribution in [0.15, 0.2) is 0 Å². The Labute approximate surface area is 79.4 Å². The zero-order chi connectivity index (χ0) is 9.42. The molecule has 2 heterocycles. The first-order valence-electron chi connectivity index (χ1n) is 5.28. The van der Waals surface area contributed by atoms with Gasteiger partial charge >= 0.3 is 0 Å². The molecule has 0 amide bonds. The molecule has 2 aliphatic rings. The molecule has 1 unspecified atom stereocenters. The average Bonchev–Trinajstić information content (AvgIpc) is 2.32. The summed E-state index contributed by atoms with van der Waals surface area (Å²) in [5.74, 6) is 0. The summed E-state index contributed by atoms with van der Waals surface area (Å²) in [6.45, 7) is 2.62. The Morgan fingerprint density at radius 1 is 1.31 bits per heavy atom. The SMILES string of the molecule is CC(O)CN1[C@@H]2CC[C@@H]1CC(O)C2. The molecule has 3 heteroatoms. The molecule has 0 aromatic rings. The number of rotatable bonds is 2. The van der Waals surface area contributed by atoms with Crippen molar-refractivity contribution in [2.75, 3.05) is 6.54 Å². The van der Waals surface area contributed by atoms with Gasteiger partial charge in [0.05, 0.1) is 12.2 Å². The molecule has 2 saturated heterocycles. The van der Waals surface area contributed by atoms with Crippen LogP contribution in [0.3, 0.4) is 0 Å². The van der Waals surface area contributed by atoms with Crippen LogP contribution in [0.5, 0.6) is 0 Å². The topological polar surface area (TPSA) is 43.7 Å². The van der Waals surface area contributed by atoms with Crippen molar-refractivity contribution < 1.29 is 10.2 Å². The number of nitrogens with zero attached hydrogens (tertiary/aromatic N) is 1. The standard InChI is InChI=1S/C10H19NO2/c1-7(12)6-11-8-2-3-9(11)5-10(13)4-8/h7-10,12-13H,2-6H2,1H3/t7?,8-,9-/m1/s1. The molecule has 0 spiro atoms. The lowest BCUT2D eigenvalue weighted by Gasteiger charge is -2.37. The maximum Gasteiger partial charge on any atom is 0.0639 e. The molecule has 0 aromatic heterocycles.